The first kappa shape index (κ1) is 8.62. The molecule has 1 aromatic rings. The van der Waals surface area contributed by atoms with Gasteiger partial charge in [-0.2, -0.15) is 0 Å². The fourth-order valence-corrected chi connectivity index (χ4v) is 1.44. The Morgan fingerprint density at radius 1 is 1.62 bits per heavy atom. The fraction of sp³-hybridized carbons (Fsp3) is 0.625. The number of rotatable bonds is 3. The standard InChI is InChI=1S/C8H11F2N3/c9-8(10)3-6(4-8)13-5-7-11-1-2-12-7/h1-2,6,13H,3-5H2,(H,11,12). The zero-order valence-corrected chi connectivity index (χ0v) is 7.06. The van der Waals surface area contributed by atoms with Crippen LogP contribution in [0.3, 0.4) is 0 Å². The summed E-state index contributed by atoms with van der Waals surface area (Å²) in [4.78, 5) is 6.88. The molecular weight excluding hydrogens is 176 g/mol. The van der Waals surface area contributed by atoms with E-state index in [1.807, 2.05) is 0 Å². The Labute approximate surface area is 74.6 Å². The first-order valence-electron chi connectivity index (χ1n) is 4.25. The predicted octanol–water partition coefficient (Wildman–Crippen LogP) is 1.30. The number of aromatic nitrogens is 2. The number of imidazole rings is 1. The topological polar surface area (TPSA) is 40.7 Å². The van der Waals surface area contributed by atoms with Crippen LogP contribution in [0.15, 0.2) is 12.4 Å². The third-order valence-electron chi connectivity index (χ3n) is 2.20. The Hall–Kier alpha value is -0.970. The van der Waals surface area contributed by atoms with Crippen LogP contribution in [-0.4, -0.2) is 21.9 Å². The van der Waals surface area contributed by atoms with Gasteiger partial charge in [0.15, 0.2) is 0 Å². The number of alkyl halides is 2. The van der Waals surface area contributed by atoms with Gasteiger partial charge in [-0.05, 0) is 0 Å². The van der Waals surface area contributed by atoms with E-state index in [9.17, 15) is 8.78 Å². The van der Waals surface area contributed by atoms with E-state index in [1.165, 1.54) is 0 Å². The Kier molecular flexibility index (Phi) is 2.03. The van der Waals surface area contributed by atoms with E-state index in [0.29, 0.717) is 6.54 Å². The Balaban J connectivity index is 1.71. The zero-order chi connectivity index (χ0) is 9.31. The third kappa shape index (κ3) is 2.03. The monoisotopic (exact) mass is 187 g/mol. The molecule has 2 N–H and O–H groups in total. The van der Waals surface area contributed by atoms with Crippen LogP contribution < -0.4 is 5.32 Å². The van der Waals surface area contributed by atoms with Gasteiger partial charge in [0.25, 0.3) is 5.92 Å². The molecule has 0 aromatic carbocycles. The first-order chi connectivity index (χ1) is 6.16. The largest absolute Gasteiger partial charge is 0.348 e. The Morgan fingerprint density at radius 2 is 2.38 bits per heavy atom. The minimum Gasteiger partial charge on any atom is -0.348 e. The van der Waals surface area contributed by atoms with Gasteiger partial charge in [0.2, 0.25) is 0 Å². The summed E-state index contributed by atoms with van der Waals surface area (Å²) >= 11 is 0. The molecule has 0 amide bonds. The van der Waals surface area contributed by atoms with E-state index in [-0.39, 0.29) is 18.9 Å². The van der Waals surface area contributed by atoms with Gasteiger partial charge in [-0.1, -0.05) is 0 Å². The van der Waals surface area contributed by atoms with E-state index in [1.54, 1.807) is 12.4 Å². The second-order valence-corrected chi connectivity index (χ2v) is 3.38. The van der Waals surface area contributed by atoms with E-state index < -0.39 is 5.92 Å². The molecule has 0 atom stereocenters. The number of aromatic amines is 1. The number of nitrogens with zero attached hydrogens (tertiary/aromatic N) is 1. The van der Waals surface area contributed by atoms with Gasteiger partial charge in [0.1, 0.15) is 5.82 Å². The van der Waals surface area contributed by atoms with Crippen LogP contribution in [0.5, 0.6) is 0 Å². The molecule has 5 heteroatoms. The van der Waals surface area contributed by atoms with Crippen LogP contribution in [0, 0.1) is 0 Å². The molecule has 1 aromatic heterocycles. The molecule has 0 spiro atoms. The molecule has 0 unspecified atom stereocenters. The van der Waals surface area contributed by atoms with E-state index in [4.69, 9.17) is 0 Å². The molecule has 72 valence electrons. The summed E-state index contributed by atoms with van der Waals surface area (Å²) in [5, 5.41) is 3.00. The quantitative estimate of drug-likeness (QED) is 0.748. The summed E-state index contributed by atoms with van der Waals surface area (Å²) in [5.41, 5.74) is 0. The summed E-state index contributed by atoms with van der Waals surface area (Å²) in [7, 11) is 0. The third-order valence-corrected chi connectivity index (χ3v) is 2.20. The summed E-state index contributed by atoms with van der Waals surface area (Å²) in [5.74, 6) is -1.66. The summed E-state index contributed by atoms with van der Waals surface area (Å²) in [6.45, 7) is 0.535. The van der Waals surface area contributed by atoms with E-state index in [2.05, 4.69) is 15.3 Å². The molecule has 0 radical (unpaired) electrons. The SMILES string of the molecule is FC1(F)CC(NCc2ncc[nH]2)C1. The molecule has 0 saturated heterocycles. The minimum absolute atomic E-state index is 0.0479. The van der Waals surface area contributed by atoms with Crippen LogP contribution in [0.2, 0.25) is 0 Å². The highest BCUT2D eigenvalue weighted by Crippen LogP contribution is 2.37. The molecule has 1 fully saturated rings. The van der Waals surface area contributed by atoms with Crippen LogP contribution in [-0.2, 0) is 6.54 Å². The maximum Gasteiger partial charge on any atom is 0.251 e. The van der Waals surface area contributed by atoms with Crippen LogP contribution in [0.1, 0.15) is 18.7 Å². The van der Waals surface area contributed by atoms with Crippen molar-refractivity contribution in [2.24, 2.45) is 0 Å². The van der Waals surface area contributed by atoms with Crippen molar-refractivity contribution in [3.8, 4) is 0 Å². The van der Waals surface area contributed by atoms with Crippen LogP contribution >= 0.6 is 0 Å². The van der Waals surface area contributed by atoms with Gasteiger partial charge in [0, 0.05) is 31.3 Å². The lowest BCUT2D eigenvalue weighted by Crippen LogP contribution is -2.48. The molecule has 0 bridgehead atoms. The maximum atomic E-state index is 12.4. The second-order valence-electron chi connectivity index (χ2n) is 3.38. The molecule has 1 saturated carbocycles. The van der Waals surface area contributed by atoms with Crippen LogP contribution in [0.25, 0.3) is 0 Å². The molecular formula is C8H11F2N3. The van der Waals surface area contributed by atoms with Gasteiger partial charge in [0.05, 0.1) is 6.54 Å². The predicted molar refractivity (Wildman–Crippen MR) is 43.4 cm³/mol. The van der Waals surface area contributed by atoms with Crippen molar-refractivity contribution in [1.82, 2.24) is 15.3 Å². The van der Waals surface area contributed by atoms with Crippen LogP contribution in [0.4, 0.5) is 8.78 Å². The number of hydrogen-bond acceptors (Lipinski definition) is 2. The number of hydrogen-bond donors (Lipinski definition) is 2. The summed E-state index contributed by atoms with van der Waals surface area (Å²) < 4.78 is 24.8. The minimum atomic E-state index is -2.44. The Bertz CT molecular complexity index is 263. The average Bonchev–Trinajstić information content (AvgIpc) is 2.48. The summed E-state index contributed by atoms with van der Waals surface area (Å²) in [6.07, 6.45) is 3.26. The van der Waals surface area contributed by atoms with E-state index >= 15 is 0 Å². The van der Waals surface area contributed by atoms with Gasteiger partial charge in [-0.3, -0.25) is 0 Å². The molecule has 13 heavy (non-hydrogen) atoms. The zero-order valence-electron chi connectivity index (χ0n) is 7.06. The normalized spacial score (nSPS) is 21.4. The molecule has 0 aliphatic heterocycles. The molecule has 2 rings (SSSR count). The lowest BCUT2D eigenvalue weighted by molar-refractivity contribution is -0.0931. The smallest absolute Gasteiger partial charge is 0.251 e. The lowest BCUT2D eigenvalue weighted by atomic mass is 9.88. The van der Waals surface area contributed by atoms with Gasteiger partial charge >= 0.3 is 0 Å². The van der Waals surface area contributed by atoms with Gasteiger partial charge in [-0.15, -0.1) is 0 Å². The Morgan fingerprint density at radius 3 is 2.92 bits per heavy atom. The highest BCUT2D eigenvalue weighted by atomic mass is 19.3. The van der Waals surface area contributed by atoms with Crippen molar-refractivity contribution in [3.63, 3.8) is 0 Å². The number of halogens is 2. The van der Waals surface area contributed by atoms with Crippen molar-refractivity contribution in [2.75, 3.05) is 0 Å². The van der Waals surface area contributed by atoms with Gasteiger partial charge < -0.3 is 10.3 Å². The fourth-order valence-electron chi connectivity index (χ4n) is 1.44. The summed E-state index contributed by atoms with van der Waals surface area (Å²) in [6, 6.07) is -0.0555. The molecule has 3 nitrogen and oxygen atoms in total. The molecule has 1 aliphatic carbocycles. The van der Waals surface area contributed by atoms with Crippen molar-refractivity contribution in [1.29, 1.82) is 0 Å². The van der Waals surface area contributed by atoms with Crippen molar-refractivity contribution >= 4 is 0 Å². The maximum absolute atomic E-state index is 12.4. The first-order valence-corrected chi connectivity index (χ1v) is 4.25. The van der Waals surface area contributed by atoms with Gasteiger partial charge in [-0.25, -0.2) is 13.8 Å². The van der Waals surface area contributed by atoms with Crippen molar-refractivity contribution < 1.29 is 8.78 Å². The average molecular weight is 187 g/mol. The van der Waals surface area contributed by atoms with Crippen molar-refractivity contribution in [2.45, 2.75) is 31.4 Å². The van der Waals surface area contributed by atoms with Crippen molar-refractivity contribution in [3.05, 3.63) is 18.2 Å². The highest BCUT2D eigenvalue weighted by molar-refractivity contribution is 4.93. The number of nitrogens with one attached hydrogen (secondary N) is 2. The number of H-pyrrole nitrogens is 1. The molecule has 1 aliphatic rings. The van der Waals surface area contributed by atoms with E-state index in [0.717, 1.165) is 5.82 Å². The second kappa shape index (κ2) is 3.06. The lowest BCUT2D eigenvalue weighted by Gasteiger charge is -2.35. The highest BCUT2D eigenvalue weighted by Gasteiger charge is 2.44. The molecule has 1 heterocycles.